The van der Waals surface area contributed by atoms with Gasteiger partial charge in [-0.25, -0.2) is 0 Å². The van der Waals surface area contributed by atoms with Crippen LogP contribution in [0.3, 0.4) is 0 Å². The van der Waals surface area contributed by atoms with Gasteiger partial charge >= 0.3 is 0 Å². The van der Waals surface area contributed by atoms with E-state index in [0.717, 1.165) is 0 Å². The van der Waals surface area contributed by atoms with Crippen LogP contribution >= 0.6 is 0 Å². The standard InChI is InChI=1S/C12H18Si/c1-7-8-9-10-11-13(5,6)12(2,3)4/h1,8-9H,2-6H3. The van der Waals surface area contributed by atoms with E-state index in [-0.39, 0.29) is 0 Å². The molecule has 0 saturated carbocycles. The quantitative estimate of drug-likeness (QED) is 0.406. The van der Waals surface area contributed by atoms with Crippen molar-refractivity contribution in [3.8, 4) is 23.8 Å². The molecule has 0 N–H and O–H groups in total. The van der Waals surface area contributed by atoms with E-state index in [4.69, 9.17) is 6.42 Å². The maximum Gasteiger partial charge on any atom is 0.138 e. The highest BCUT2D eigenvalue weighted by Gasteiger charge is 2.33. The molecule has 0 aromatic rings. The number of terminal acetylenes is 1. The van der Waals surface area contributed by atoms with Crippen molar-refractivity contribution in [2.75, 3.05) is 0 Å². The second-order valence-electron chi connectivity index (χ2n) is 4.64. The van der Waals surface area contributed by atoms with Crippen molar-refractivity contribution in [2.24, 2.45) is 0 Å². The Kier molecular flexibility index (Phi) is 4.04. The molecule has 0 heterocycles. The molecule has 0 bridgehead atoms. The predicted molar refractivity (Wildman–Crippen MR) is 62.9 cm³/mol. The molecule has 0 spiro atoms. The molecule has 0 rings (SSSR count). The number of allylic oxidation sites excluding steroid dienone is 2. The molecule has 0 saturated heterocycles. The van der Waals surface area contributed by atoms with E-state index in [1.54, 1.807) is 12.2 Å². The summed E-state index contributed by atoms with van der Waals surface area (Å²) in [5.74, 6) is 5.45. The summed E-state index contributed by atoms with van der Waals surface area (Å²) in [4.78, 5) is 0. The lowest BCUT2D eigenvalue weighted by atomic mass is 10.2. The van der Waals surface area contributed by atoms with Crippen LogP contribution in [0.25, 0.3) is 0 Å². The van der Waals surface area contributed by atoms with Crippen LogP contribution in [0.2, 0.25) is 18.1 Å². The monoisotopic (exact) mass is 190 g/mol. The molecule has 0 amide bonds. The lowest BCUT2D eigenvalue weighted by molar-refractivity contribution is 0.731. The summed E-state index contributed by atoms with van der Waals surface area (Å²) in [5, 5.41) is 0.323. The molecule has 70 valence electrons. The molecule has 0 atom stereocenters. The molecular weight excluding hydrogens is 172 g/mol. The third-order valence-electron chi connectivity index (χ3n) is 2.52. The summed E-state index contributed by atoms with van der Waals surface area (Å²) < 4.78 is 0. The van der Waals surface area contributed by atoms with Crippen molar-refractivity contribution >= 4 is 8.07 Å². The van der Waals surface area contributed by atoms with E-state index >= 15 is 0 Å². The van der Waals surface area contributed by atoms with Gasteiger partial charge in [0.25, 0.3) is 0 Å². The Morgan fingerprint density at radius 1 is 1.15 bits per heavy atom. The summed E-state index contributed by atoms with van der Waals surface area (Å²) in [6.45, 7) is 11.3. The highest BCUT2D eigenvalue weighted by atomic mass is 28.3. The van der Waals surface area contributed by atoms with Crippen molar-refractivity contribution in [2.45, 2.75) is 38.9 Å². The fourth-order valence-electron chi connectivity index (χ4n) is 0.499. The maximum atomic E-state index is 5.07. The van der Waals surface area contributed by atoms with E-state index in [0.29, 0.717) is 5.04 Å². The SMILES string of the molecule is C#CC=CC#C[Si](C)(C)C(C)(C)C. The number of rotatable bonds is 0. The van der Waals surface area contributed by atoms with Gasteiger partial charge in [0, 0.05) is 0 Å². The fraction of sp³-hybridized carbons (Fsp3) is 0.500. The minimum absolute atomic E-state index is 0.323. The fourth-order valence-corrected chi connectivity index (χ4v) is 1.32. The lowest BCUT2D eigenvalue weighted by Gasteiger charge is -2.31. The summed E-state index contributed by atoms with van der Waals surface area (Å²) in [5.41, 5.74) is 3.34. The van der Waals surface area contributed by atoms with Crippen LogP contribution in [-0.4, -0.2) is 8.07 Å². The van der Waals surface area contributed by atoms with Gasteiger partial charge in [0.2, 0.25) is 0 Å². The number of hydrogen-bond donors (Lipinski definition) is 0. The molecule has 0 aromatic heterocycles. The molecule has 0 fully saturated rings. The second-order valence-corrected chi connectivity index (χ2v) is 9.64. The normalized spacial score (nSPS) is 12.0. The average molecular weight is 190 g/mol. The molecule has 0 aliphatic carbocycles. The summed E-state index contributed by atoms with van der Waals surface area (Å²) >= 11 is 0. The third kappa shape index (κ3) is 4.01. The molecule has 13 heavy (non-hydrogen) atoms. The first-order chi connectivity index (χ1) is 5.81. The van der Waals surface area contributed by atoms with E-state index in [1.165, 1.54) is 0 Å². The first kappa shape index (κ1) is 12.1. The van der Waals surface area contributed by atoms with Crippen LogP contribution in [0.5, 0.6) is 0 Å². The molecular formula is C12H18Si. The molecule has 0 aliphatic heterocycles. The maximum absolute atomic E-state index is 5.07. The van der Waals surface area contributed by atoms with E-state index < -0.39 is 8.07 Å². The van der Waals surface area contributed by atoms with Gasteiger partial charge in [-0.1, -0.05) is 45.7 Å². The topological polar surface area (TPSA) is 0 Å². The molecule has 0 unspecified atom stereocenters. The number of hydrogen-bond acceptors (Lipinski definition) is 0. The van der Waals surface area contributed by atoms with Crippen LogP contribution in [-0.2, 0) is 0 Å². The molecule has 0 nitrogen and oxygen atoms in total. The smallest absolute Gasteiger partial charge is 0.126 e. The van der Waals surface area contributed by atoms with Gasteiger partial charge in [-0.05, 0) is 17.2 Å². The van der Waals surface area contributed by atoms with Gasteiger partial charge in [0.15, 0.2) is 0 Å². The third-order valence-corrected chi connectivity index (χ3v) is 7.04. The van der Waals surface area contributed by atoms with Crippen molar-refractivity contribution in [1.82, 2.24) is 0 Å². The molecule has 0 aromatic carbocycles. The van der Waals surface area contributed by atoms with Gasteiger partial charge in [-0.15, -0.1) is 12.0 Å². The van der Waals surface area contributed by atoms with Crippen molar-refractivity contribution in [1.29, 1.82) is 0 Å². The highest BCUT2D eigenvalue weighted by Crippen LogP contribution is 2.34. The summed E-state index contributed by atoms with van der Waals surface area (Å²) in [6, 6.07) is 0. The first-order valence-corrected chi connectivity index (χ1v) is 7.45. The summed E-state index contributed by atoms with van der Waals surface area (Å²) in [6.07, 6.45) is 8.46. The van der Waals surface area contributed by atoms with E-state index in [2.05, 4.69) is 51.2 Å². The van der Waals surface area contributed by atoms with E-state index in [9.17, 15) is 0 Å². The summed E-state index contributed by atoms with van der Waals surface area (Å²) in [7, 11) is -1.44. The lowest BCUT2D eigenvalue weighted by Crippen LogP contribution is -2.35. The van der Waals surface area contributed by atoms with Crippen LogP contribution < -0.4 is 0 Å². The highest BCUT2D eigenvalue weighted by molar-refractivity contribution is 6.87. The molecule has 1 heteroatoms. The van der Waals surface area contributed by atoms with E-state index in [1.807, 2.05) is 0 Å². The van der Waals surface area contributed by atoms with Crippen molar-refractivity contribution in [3.63, 3.8) is 0 Å². The van der Waals surface area contributed by atoms with Crippen LogP contribution in [0.1, 0.15) is 20.8 Å². The Morgan fingerprint density at radius 2 is 1.69 bits per heavy atom. The second kappa shape index (κ2) is 4.35. The minimum Gasteiger partial charge on any atom is -0.126 e. The average Bonchev–Trinajstić information content (AvgIpc) is 1.96. The Bertz CT molecular complexity index is 284. The Morgan fingerprint density at radius 3 is 2.08 bits per heavy atom. The van der Waals surface area contributed by atoms with Crippen LogP contribution in [0.15, 0.2) is 12.2 Å². The molecule has 0 radical (unpaired) electrons. The van der Waals surface area contributed by atoms with Gasteiger partial charge in [0.05, 0.1) is 0 Å². The van der Waals surface area contributed by atoms with Gasteiger partial charge in [0.1, 0.15) is 8.07 Å². The van der Waals surface area contributed by atoms with Crippen LogP contribution in [0.4, 0.5) is 0 Å². The zero-order valence-electron chi connectivity index (χ0n) is 9.23. The van der Waals surface area contributed by atoms with Gasteiger partial charge in [-0.3, -0.25) is 0 Å². The first-order valence-electron chi connectivity index (χ1n) is 4.45. The Balaban J connectivity index is 4.59. The van der Waals surface area contributed by atoms with Gasteiger partial charge in [-0.2, -0.15) is 0 Å². The largest absolute Gasteiger partial charge is 0.138 e. The van der Waals surface area contributed by atoms with Crippen LogP contribution in [0, 0.1) is 23.8 Å². The Labute approximate surface area is 83.4 Å². The minimum atomic E-state index is -1.44. The zero-order valence-corrected chi connectivity index (χ0v) is 10.2. The van der Waals surface area contributed by atoms with Crippen molar-refractivity contribution in [3.05, 3.63) is 12.2 Å². The Hall–Kier alpha value is -0.923. The van der Waals surface area contributed by atoms with Crippen molar-refractivity contribution < 1.29 is 0 Å². The zero-order chi connectivity index (χ0) is 10.5. The predicted octanol–water partition coefficient (Wildman–Crippen LogP) is 3.23. The van der Waals surface area contributed by atoms with Gasteiger partial charge < -0.3 is 0 Å². The molecule has 0 aliphatic rings.